The van der Waals surface area contributed by atoms with Crippen LogP contribution in [-0.2, 0) is 11.8 Å². The van der Waals surface area contributed by atoms with Crippen LogP contribution < -0.4 is 5.32 Å². The van der Waals surface area contributed by atoms with Crippen molar-refractivity contribution >= 4 is 22.6 Å². The number of rotatable bonds is 2. The number of nitrogens with one attached hydrogen (secondary N) is 1. The Balaban J connectivity index is 2.41. The molecule has 0 aliphatic rings. The summed E-state index contributed by atoms with van der Waals surface area (Å²) < 4.78 is 1.98. The zero-order valence-corrected chi connectivity index (χ0v) is 9.19. The van der Waals surface area contributed by atoms with Crippen LogP contribution in [0.5, 0.6) is 0 Å². The van der Waals surface area contributed by atoms with E-state index >= 15 is 0 Å². The lowest BCUT2D eigenvalue weighted by molar-refractivity contribution is -0.118. The average Bonchev–Trinajstić information content (AvgIpc) is 2.54. The van der Waals surface area contributed by atoms with Gasteiger partial charge < -0.3 is 15.0 Å². The number of fused-ring (bicyclic) bond motifs is 1. The summed E-state index contributed by atoms with van der Waals surface area (Å²) >= 11 is 0. The highest BCUT2D eigenvalue weighted by Gasteiger charge is 2.06. The fraction of sp³-hybridized carbons (Fsp3) is 0.273. The normalized spacial score (nSPS) is 10.7. The summed E-state index contributed by atoms with van der Waals surface area (Å²) in [6, 6.07) is 5.47. The lowest BCUT2D eigenvalue weighted by Crippen LogP contribution is -2.15. The van der Waals surface area contributed by atoms with Crippen LogP contribution in [0.4, 0.5) is 5.69 Å². The van der Waals surface area contributed by atoms with E-state index in [-0.39, 0.29) is 0 Å². The van der Waals surface area contributed by atoms with Crippen molar-refractivity contribution in [3.8, 4) is 0 Å². The molecule has 1 amide bonds. The number of carbonyl (C=O) groups excluding carboxylic acids is 1. The van der Waals surface area contributed by atoms with Gasteiger partial charge in [0.15, 0.2) is 0 Å². The molecule has 0 aliphatic carbocycles. The Morgan fingerprint density at radius 3 is 3.00 bits per heavy atom. The Labute approximate surface area is 92.7 Å². The number of hydrogen-bond acceptors (Lipinski definition) is 3. The van der Waals surface area contributed by atoms with Gasteiger partial charge in [-0.25, -0.2) is 4.98 Å². The molecule has 2 rings (SSSR count). The molecule has 5 heteroatoms. The van der Waals surface area contributed by atoms with E-state index in [1.54, 1.807) is 12.1 Å². The number of nitrogens with zero attached hydrogens (tertiary/aromatic N) is 2. The Morgan fingerprint density at radius 1 is 1.56 bits per heavy atom. The summed E-state index contributed by atoms with van der Waals surface area (Å²) in [7, 11) is 1.94. The molecule has 0 radical (unpaired) electrons. The fourth-order valence-corrected chi connectivity index (χ4v) is 1.60. The molecule has 0 saturated heterocycles. The third-order valence-electron chi connectivity index (χ3n) is 2.53. The Hall–Kier alpha value is -1.88. The van der Waals surface area contributed by atoms with E-state index in [4.69, 9.17) is 5.11 Å². The van der Waals surface area contributed by atoms with Gasteiger partial charge in [-0.05, 0) is 25.1 Å². The van der Waals surface area contributed by atoms with Crippen LogP contribution in [0.1, 0.15) is 5.82 Å². The van der Waals surface area contributed by atoms with Crippen LogP contribution in [0.15, 0.2) is 18.2 Å². The zero-order valence-electron chi connectivity index (χ0n) is 9.19. The number of imidazole rings is 1. The van der Waals surface area contributed by atoms with Crippen LogP contribution in [0, 0.1) is 6.92 Å². The van der Waals surface area contributed by atoms with Crippen LogP contribution in [0.2, 0.25) is 0 Å². The van der Waals surface area contributed by atoms with Gasteiger partial charge in [0.2, 0.25) is 5.91 Å². The third kappa shape index (κ3) is 1.77. The maximum absolute atomic E-state index is 11.0. The Morgan fingerprint density at radius 2 is 2.31 bits per heavy atom. The van der Waals surface area contributed by atoms with Crippen LogP contribution in [-0.4, -0.2) is 27.2 Å². The molecular formula is C11H13N3O2. The van der Waals surface area contributed by atoms with E-state index in [9.17, 15) is 4.79 Å². The van der Waals surface area contributed by atoms with Crippen molar-refractivity contribution in [1.82, 2.24) is 9.55 Å². The molecule has 0 fully saturated rings. The van der Waals surface area contributed by atoms with Gasteiger partial charge in [-0.1, -0.05) is 0 Å². The van der Waals surface area contributed by atoms with Crippen molar-refractivity contribution in [2.24, 2.45) is 7.05 Å². The summed E-state index contributed by atoms with van der Waals surface area (Å²) in [5.41, 5.74) is 2.49. The summed E-state index contributed by atoms with van der Waals surface area (Å²) in [5, 5.41) is 11.2. The Kier molecular flexibility index (Phi) is 2.62. The summed E-state index contributed by atoms with van der Waals surface area (Å²) in [5.74, 6) is 0.493. The molecule has 84 valence electrons. The number of aliphatic hydroxyl groups excluding tert-OH is 1. The molecule has 0 atom stereocenters. The van der Waals surface area contributed by atoms with E-state index in [2.05, 4.69) is 10.3 Å². The first-order valence-corrected chi connectivity index (χ1v) is 4.95. The number of amides is 1. The average molecular weight is 219 g/mol. The minimum absolute atomic E-state index is 0.424. The minimum atomic E-state index is -0.515. The first kappa shape index (κ1) is 10.6. The van der Waals surface area contributed by atoms with Crippen molar-refractivity contribution in [2.45, 2.75) is 6.92 Å². The maximum Gasteiger partial charge on any atom is 0.250 e. The lowest BCUT2D eigenvalue weighted by atomic mass is 10.2. The molecule has 0 saturated carbocycles. The predicted octanol–water partition coefficient (Wildman–Crippen LogP) is 0.813. The van der Waals surface area contributed by atoms with Gasteiger partial charge in [0.25, 0.3) is 0 Å². The molecule has 0 unspecified atom stereocenters. The fourth-order valence-electron chi connectivity index (χ4n) is 1.60. The molecule has 1 aromatic heterocycles. The van der Waals surface area contributed by atoms with Crippen molar-refractivity contribution < 1.29 is 9.90 Å². The summed E-state index contributed by atoms with van der Waals surface area (Å²) in [6.45, 7) is 1.41. The molecule has 2 N–H and O–H groups in total. The van der Waals surface area contributed by atoms with Gasteiger partial charge in [0.05, 0.1) is 11.0 Å². The molecule has 1 aromatic carbocycles. The van der Waals surface area contributed by atoms with Gasteiger partial charge in [0.1, 0.15) is 12.4 Å². The van der Waals surface area contributed by atoms with Gasteiger partial charge >= 0.3 is 0 Å². The van der Waals surface area contributed by atoms with Gasteiger partial charge in [0, 0.05) is 12.7 Å². The minimum Gasteiger partial charge on any atom is -0.387 e. The molecule has 2 aromatic rings. The highest BCUT2D eigenvalue weighted by molar-refractivity contribution is 5.93. The zero-order chi connectivity index (χ0) is 11.7. The second kappa shape index (κ2) is 3.94. The van der Waals surface area contributed by atoms with Crippen LogP contribution in [0.25, 0.3) is 11.0 Å². The Bertz CT molecular complexity index is 545. The van der Waals surface area contributed by atoms with Gasteiger partial charge in [-0.15, -0.1) is 0 Å². The quantitative estimate of drug-likeness (QED) is 0.785. The van der Waals surface area contributed by atoms with Gasteiger partial charge in [-0.3, -0.25) is 4.79 Å². The van der Waals surface area contributed by atoms with Crippen molar-refractivity contribution in [1.29, 1.82) is 0 Å². The van der Waals surface area contributed by atoms with Crippen molar-refractivity contribution in [3.63, 3.8) is 0 Å². The molecule has 5 nitrogen and oxygen atoms in total. The largest absolute Gasteiger partial charge is 0.387 e. The second-order valence-corrected chi connectivity index (χ2v) is 3.63. The number of aryl methyl sites for hydroxylation is 2. The first-order chi connectivity index (χ1) is 7.61. The SMILES string of the molecule is Cc1nc2cc(NC(=O)CO)ccc2n1C. The molecule has 0 bridgehead atoms. The van der Waals surface area contributed by atoms with Gasteiger partial charge in [-0.2, -0.15) is 0 Å². The molecule has 16 heavy (non-hydrogen) atoms. The molecule has 1 heterocycles. The van der Waals surface area contributed by atoms with E-state index in [0.29, 0.717) is 5.69 Å². The molecule has 0 aliphatic heterocycles. The highest BCUT2D eigenvalue weighted by atomic mass is 16.3. The standard InChI is InChI=1S/C11H13N3O2/c1-7-12-9-5-8(13-11(16)6-15)3-4-10(9)14(7)2/h3-5,15H,6H2,1-2H3,(H,13,16). The maximum atomic E-state index is 11.0. The second-order valence-electron chi connectivity index (χ2n) is 3.63. The molecule has 0 spiro atoms. The van der Waals surface area contributed by atoms with E-state index in [1.165, 1.54) is 0 Å². The van der Waals surface area contributed by atoms with Crippen LogP contribution in [0.3, 0.4) is 0 Å². The molecular weight excluding hydrogens is 206 g/mol. The monoisotopic (exact) mass is 219 g/mol. The first-order valence-electron chi connectivity index (χ1n) is 4.95. The lowest BCUT2D eigenvalue weighted by Gasteiger charge is -2.02. The number of carbonyl (C=O) groups is 1. The van der Waals surface area contributed by atoms with Crippen molar-refractivity contribution in [3.05, 3.63) is 24.0 Å². The third-order valence-corrected chi connectivity index (χ3v) is 2.53. The number of aromatic nitrogens is 2. The topological polar surface area (TPSA) is 67.2 Å². The smallest absolute Gasteiger partial charge is 0.250 e. The van der Waals surface area contributed by atoms with Crippen LogP contribution >= 0.6 is 0 Å². The van der Waals surface area contributed by atoms with E-state index in [1.807, 2.05) is 24.6 Å². The number of aliphatic hydroxyl groups is 1. The van der Waals surface area contributed by atoms with E-state index < -0.39 is 12.5 Å². The number of anilines is 1. The van der Waals surface area contributed by atoms with Crippen molar-refractivity contribution in [2.75, 3.05) is 11.9 Å². The number of benzene rings is 1. The highest BCUT2D eigenvalue weighted by Crippen LogP contribution is 2.19. The predicted molar refractivity (Wildman–Crippen MR) is 61.2 cm³/mol. The number of hydrogen-bond donors (Lipinski definition) is 2. The summed E-state index contributed by atoms with van der Waals surface area (Å²) in [6.07, 6.45) is 0. The summed E-state index contributed by atoms with van der Waals surface area (Å²) in [4.78, 5) is 15.4. The van der Waals surface area contributed by atoms with E-state index in [0.717, 1.165) is 16.9 Å².